The van der Waals surface area contributed by atoms with E-state index in [2.05, 4.69) is 25.2 Å². The second-order valence-corrected chi connectivity index (χ2v) is 20.1. The van der Waals surface area contributed by atoms with Gasteiger partial charge in [-0.3, -0.25) is 4.90 Å². The molecule has 1 unspecified atom stereocenters. The van der Waals surface area contributed by atoms with Gasteiger partial charge in [-0.25, -0.2) is 37.5 Å². The van der Waals surface area contributed by atoms with E-state index in [4.69, 9.17) is 40.3 Å². The zero-order valence-corrected chi connectivity index (χ0v) is 39.5. The Morgan fingerprint density at radius 3 is 2.63 bits per heavy atom. The predicted molar refractivity (Wildman–Crippen MR) is 256 cm³/mol. The molecule has 3 atom stereocenters. The van der Waals surface area contributed by atoms with E-state index in [9.17, 15) is 22.7 Å². The zero-order valence-electron chi connectivity index (χ0n) is 37.1. The Labute approximate surface area is 400 Å². The lowest BCUT2D eigenvalue weighted by Gasteiger charge is -2.35. The molecular formula is C49H46ClFN6O9S2. The van der Waals surface area contributed by atoms with Crippen molar-refractivity contribution >= 4 is 49.0 Å². The van der Waals surface area contributed by atoms with Gasteiger partial charge in [0.15, 0.2) is 5.82 Å². The lowest BCUT2D eigenvalue weighted by molar-refractivity contribution is -0.145. The number of fused-ring (bicyclic) bond motifs is 7. The normalized spacial score (nSPS) is 17.7. The average molecular weight is 982 g/mol. The summed E-state index contributed by atoms with van der Waals surface area (Å²) >= 11 is 8.56. The summed E-state index contributed by atoms with van der Waals surface area (Å²) in [4.78, 5) is 34.9. The molecule has 3 aliphatic heterocycles. The number of piperazine rings is 1. The standard InChI is InChI=1S/C49H46ClFN6O9S2/c1-28-36-13-15-40(44(28)50)65-35(23-57-19-18-52-33(22-57)26-68(3,60)61)25-63-34-12-14-38(64-24-32-16-17-53-46(56-32)37-6-4-5-7-39(37)62-2)30(20-34)21-41(49(58)59)66-47-43-42(36)45(67-48(43)55-27-54-47)29-8-10-31(51)11-9-29/h4-17,20,27,33,35,41,52H,18-19,21-26H2,1-3H3,(H,58,59)/t33?,35-,41-/m1/s1. The van der Waals surface area contributed by atoms with Crippen LogP contribution in [-0.2, 0) is 27.7 Å². The number of benzene rings is 4. The van der Waals surface area contributed by atoms with E-state index in [-0.39, 0.29) is 37.3 Å². The van der Waals surface area contributed by atoms with Crippen LogP contribution in [-0.4, -0.2) is 114 Å². The topological polar surface area (TPSA) is 184 Å². The highest BCUT2D eigenvalue weighted by Crippen LogP contribution is 2.50. The van der Waals surface area contributed by atoms with Gasteiger partial charge in [0.2, 0.25) is 12.0 Å². The number of carbonyl (C=O) groups is 1. The van der Waals surface area contributed by atoms with E-state index in [0.29, 0.717) is 114 Å². The Hall–Kier alpha value is -6.44. The smallest absolute Gasteiger partial charge is 0.345 e. The van der Waals surface area contributed by atoms with E-state index in [1.807, 2.05) is 37.3 Å². The van der Waals surface area contributed by atoms with Crippen LogP contribution in [0.25, 0.3) is 43.2 Å². The highest BCUT2D eigenvalue weighted by molar-refractivity contribution is 7.90. The van der Waals surface area contributed by atoms with Crippen molar-refractivity contribution in [3.05, 3.63) is 125 Å². The summed E-state index contributed by atoms with van der Waals surface area (Å²) in [7, 11) is -1.67. The number of methoxy groups -OCH3 is 1. The molecule has 0 amide bonds. The first-order valence-electron chi connectivity index (χ1n) is 21.7. The van der Waals surface area contributed by atoms with Crippen molar-refractivity contribution < 1.29 is 46.4 Å². The number of carboxylic acid groups (broad SMARTS) is 1. The van der Waals surface area contributed by atoms with E-state index < -0.39 is 33.8 Å². The minimum Gasteiger partial charge on any atom is -0.496 e. The van der Waals surface area contributed by atoms with E-state index in [1.165, 1.54) is 36.1 Å². The van der Waals surface area contributed by atoms with Crippen LogP contribution in [0.1, 0.15) is 16.8 Å². The number of ether oxygens (including phenoxy) is 5. The number of aromatic nitrogens is 4. The Balaban J connectivity index is 1.13. The fourth-order valence-corrected chi connectivity index (χ4v) is 10.8. The average Bonchev–Trinajstić information content (AvgIpc) is 3.71. The highest BCUT2D eigenvalue weighted by atomic mass is 35.5. The second-order valence-electron chi connectivity index (χ2n) is 16.6. The number of nitrogens with one attached hydrogen (secondary N) is 1. The van der Waals surface area contributed by atoms with Crippen molar-refractivity contribution in [3.63, 3.8) is 0 Å². The van der Waals surface area contributed by atoms with E-state index in [0.717, 1.165) is 0 Å². The molecule has 6 heterocycles. The van der Waals surface area contributed by atoms with Gasteiger partial charge in [0.05, 0.1) is 34.5 Å². The summed E-state index contributed by atoms with van der Waals surface area (Å²) in [5.74, 6) is 0.534. The molecule has 4 aromatic carbocycles. The first kappa shape index (κ1) is 46.7. The molecule has 1 fully saturated rings. The maximum absolute atomic E-state index is 14.3. The lowest BCUT2D eigenvalue weighted by Crippen LogP contribution is -2.55. The molecular weight excluding hydrogens is 935 g/mol. The number of carboxylic acids is 1. The van der Waals surface area contributed by atoms with Gasteiger partial charge in [-0.2, -0.15) is 0 Å². The van der Waals surface area contributed by atoms with Crippen molar-refractivity contribution in [2.45, 2.75) is 38.2 Å². The molecule has 7 aromatic rings. The van der Waals surface area contributed by atoms with Gasteiger partial charge in [0.1, 0.15) is 69.1 Å². The Morgan fingerprint density at radius 1 is 1.01 bits per heavy atom. The fraction of sp³-hybridized carbons (Fsp3) is 0.286. The van der Waals surface area contributed by atoms with Crippen molar-refractivity contribution in [2.24, 2.45) is 0 Å². The first-order chi connectivity index (χ1) is 32.8. The largest absolute Gasteiger partial charge is 0.496 e. The third-order valence-electron chi connectivity index (χ3n) is 11.6. The summed E-state index contributed by atoms with van der Waals surface area (Å²) in [6, 6.07) is 23.7. The molecule has 10 rings (SSSR count). The van der Waals surface area contributed by atoms with Gasteiger partial charge in [-0.1, -0.05) is 41.9 Å². The summed E-state index contributed by atoms with van der Waals surface area (Å²) in [5.41, 5.74) is 4.33. The minimum absolute atomic E-state index is 0.00565. The zero-order chi connectivity index (χ0) is 47.5. The van der Waals surface area contributed by atoms with Crippen molar-refractivity contribution in [3.8, 4) is 61.8 Å². The van der Waals surface area contributed by atoms with Crippen LogP contribution in [0.4, 0.5) is 4.39 Å². The number of rotatable bonds is 11. The molecule has 3 aromatic heterocycles. The molecule has 2 N–H and O–H groups in total. The molecule has 19 heteroatoms. The van der Waals surface area contributed by atoms with Crippen molar-refractivity contribution in [1.29, 1.82) is 0 Å². The van der Waals surface area contributed by atoms with Crippen LogP contribution in [0, 0.1) is 12.7 Å². The Kier molecular flexibility index (Phi) is 13.7. The fourth-order valence-electron chi connectivity index (χ4n) is 8.44. The van der Waals surface area contributed by atoms with Crippen LogP contribution in [0.2, 0.25) is 5.02 Å². The maximum atomic E-state index is 14.3. The molecule has 0 aliphatic carbocycles. The van der Waals surface area contributed by atoms with Crippen molar-refractivity contribution in [2.75, 3.05) is 51.9 Å². The Morgan fingerprint density at radius 2 is 1.84 bits per heavy atom. The SMILES string of the molecule is COc1ccccc1-c1nccc(COc2ccc3cc2C[C@H](C(=O)O)Oc2ncnc4sc(-c5ccc(F)cc5)c(c24)-c2ccc(c(Cl)c2C)O[C@H](CN2CCNC(CS(C)(=O)=O)C2)CO3)n1. The van der Waals surface area contributed by atoms with E-state index in [1.54, 1.807) is 55.8 Å². The molecule has 0 radical (unpaired) electrons. The number of halogens is 2. The van der Waals surface area contributed by atoms with Crippen molar-refractivity contribution in [1.82, 2.24) is 30.2 Å². The third kappa shape index (κ3) is 10.5. The summed E-state index contributed by atoms with van der Waals surface area (Å²) < 4.78 is 70.4. The first-order valence-corrected chi connectivity index (χ1v) is 24.9. The molecule has 15 nitrogen and oxygen atoms in total. The Bertz CT molecular complexity index is 3110. The quantitative estimate of drug-likeness (QED) is 0.128. The lowest BCUT2D eigenvalue weighted by atomic mass is 9.96. The van der Waals surface area contributed by atoms with Gasteiger partial charge in [0, 0.05) is 67.1 Å². The number of nitrogens with zero attached hydrogens (tertiary/aromatic N) is 5. The van der Waals surface area contributed by atoms with Crippen LogP contribution < -0.4 is 29.0 Å². The number of aliphatic carboxylic acids is 1. The van der Waals surface area contributed by atoms with Gasteiger partial charge in [0.25, 0.3) is 0 Å². The van der Waals surface area contributed by atoms with Crippen LogP contribution in [0.5, 0.6) is 28.9 Å². The number of hydrogen-bond donors (Lipinski definition) is 2. The number of hydrogen-bond acceptors (Lipinski definition) is 15. The van der Waals surface area contributed by atoms with Gasteiger partial charge >= 0.3 is 5.97 Å². The number of thiophene rings is 1. The highest BCUT2D eigenvalue weighted by Gasteiger charge is 2.31. The molecule has 352 valence electrons. The molecule has 4 bridgehead atoms. The van der Waals surface area contributed by atoms with Crippen LogP contribution in [0.3, 0.4) is 0 Å². The summed E-state index contributed by atoms with van der Waals surface area (Å²) in [6.45, 7) is 3.92. The molecule has 1 saturated heterocycles. The van der Waals surface area contributed by atoms with Gasteiger partial charge in [-0.15, -0.1) is 11.3 Å². The van der Waals surface area contributed by atoms with Gasteiger partial charge < -0.3 is 34.1 Å². The molecule has 3 aliphatic rings. The van der Waals surface area contributed by atoms with Crippen LogP contribution in [0.15, 0.2) is 97.5 Å². The predicted octanol–water partition coefficient (Wildman–Crippen LogP) is 7.70. The van der Waals surface area contributed by atoms with Crippen LogP contribution >= 0.6 is 22.9 Å². The summed E-state index contributed by atoms with van der Waals surface area (Å²) in [5, 5.41) is 14.9. The van der Waals surface area contributed by atoms with E-state index >= 15 is 0 Å². The minimum atomic E-state index is -3.25. The molecule has 0 saturated carbocycles. The summed E-state index contributed by atoms with van der Waals surface area (Å²) in [6.07, 6.45) is 1.88. The van der Waals surface area contributed by atoms with Gasteiger partial charge in [-0.05, 0) is 78.2 Å². The number of sulfone groups is 1. The molecule has 0 spiro atoms. The monoisotopic (exact) mass is 980 g/mol. The number of para-hydroxylation sites is 1. The third-order valence-corrected chi connectivity index (χ3v) is 14.2. The second kappa shape index (κ2) is 20.0. The maximum Gasteiger partial charge on any atom is 0.345 e. The molecule has 68 heavy (non-hydrogen) atoms.